The molecule has 5 nitrogen and oxygen atoms in total. The number of benzene rings is 1. The molecule has 0 saturated carbocycles. The zero-order valence-electron chi connectivity index (χ0n) is 14.9. The number of fused-ring (bicyclic) bond motifs is 1. The Hall–Kier alpha value is -2.08. The van der Waals surface area contributed by atoms with Gasteiger partial charge in [-0.3, -0.25) is 4.79 Å². The smallest absolute Gasteiger partial charge is 0.270 e. The summed E-state index contributed by atoms with van der Waals surface area (Å²) in [5, 5.41) is 10.7. The number of rotatable bonds is 4. The number of hydrogen-bond acceptors (Lipinski definition) is 3. The van der Waals surface area contributed by atoms with E-state index in [2.05, 4.69) is 4.98 Å². The molecule has 1 amide bonds. The van der Waals surface area contributed by atoms with Crippen LogP contribution in [0.4, 0.5) is 4.39 Å². The van der Waals surface area contributed by atoms with Gasteiger partial charge in [0.15, 0.2) is 11.6 Å². The van der Waals surface area contributed by atoms with Crippen LogP contribution in [0.3, 0.4) is 0 Å². The summed E-state index contributed by atoms with van der Waals surface area (Å²) in [7, 11) is 1.42. The maximum atomic E-state index is 13.8. The molecule has 1 fully saturated rings. The van der Waals surface area contributed by atoms with Crippen molar-refractivity contribution in [3.05, 3.63) is 29.7 Å². The second-order valence-electron chi connectivity index (χ2n) is 7.51. The van der Waals surface area contributed by atoms with Crippen LogP contribution in [0.25, 0.3) is 10.9 Å². The number of nitrogens with zero attached hydrogens (tertiary/aromatic N) is 1. The monoisotopic (exact) mass is 348 g/mol. The van der Waals surface area contributed by atoms with Crippen LogP contribution < -0.4 is 4.74 Å². The maximum Gasteiger partial charge on any atom is 0.270 e. The van der Waals surface area contributed by atoms with E-state index in [-0.39, 0.29) is 11.7 Å². The number of carbonyl (C=O) groups excluding carboxylic acids is 1. The lowest BCUT2D eigenvalue weighted by molar-refractivity contribution is 0.0357. The molecular weight excluding hydrogens is 323 g/mol. The van der Waals surface area contributed by atoms with Gasteiger partial charge in [-0.2, -0.15) is 0 Å². The average molecular weight is 348 g/mol. The molecule has 0 radical (unpaired) electrons. The number of aliphatic hydroxyl groups is 1. The maximum absolute atomic E-state index is 13.8. The fourth-order valence-corrected chi connectivity index (χ4v) is 3.62. The first-order valence-corrected chi connectivity index (χ1v) is 8.65. The lowest BCUT2D eigenvalue weighted by atomic mass is 9.86. The first-order valence-electron chi connectivity index (χ1n) is 8.65. The van der Waals surface area contributed by atoms with Crippen molar-refractivity contribution < 1.29 is 19.0 Å². The van der Waals surface area contributed by atoms with Crippen LogP contribution >= 0.6 is 0 Å². The van der Waals surface area contributed by atoms with Gasteiger partial charge in [0.05, 0.1) is 12.7 Å². The molecule has 0 bridgehead atoms. The Labute approximate surface area is 146 Å². The molecule has 0 aliphatic carbocycles. The second kappa shape index (κ2) is 6.67. The topological polar surface area (TPSA) is 65.6 Å². The molecule has 1 aromatic carbocycles. The largest absolute Gasteiger partial charge is 0.494 e. The number of ether oxygens (including phenoxy) is 1. The Morgan fingerprint density at radius 3 is 2.64 bits per heavy atom. The van der Waals surface area contributed by atoms with Crippen molar-refractivity contribution in [1.82, 2.24) is 9.88 Å². The average Bonchev–Trinajstić information content (AvgIpc) is 2.95. The summed E-state index contributed by atoms with van der Waals surface area (Å²) in [6.45, 7) is 4.99. The number of carbonyl (C=O) groups is 1. The molecule has 6 heteroatoms. The zero-order chi connectivity index (χ0) is 18.2. The van der Waals surface area contributed by atoms with E-state index >= 15 is 0 Å². The number of methoxy groups -OCH3 is 1. The summed E-state index contributed by atoms with van der Waals surface area (Å²) in [6.07, 6.45) is 2.53. The molecular formula is C19H25FN2O3. The normalized spacial score (nSPS) is 16.4. The number of amides is 1. The molecule has 3 rings (SSSR count). The number of H-pyrrole nitrogens is 1. The number of halogens is 1. The molecule has 2 aromatic rings. The van der Waals surface area contributed by atoms with Crippen LogP contribution in [0.1, 0.15) is 43.6 Å². The van der Waals surface area contributed by atoms with Crippen molar-refractivity contribution in [2.45, 2.75) is 38.7 Å². The third kappa shape index (κ3) is 3.95. The first-order chi connectivity index (χ1) is 11.8. The van der Waals surface area contributed by atoms with Gasteiger partial charge in [0.25, 0.3) is 5.91 Å². The summed E-state index contributed by atoms with van der Waals surface area (Å²) in [4.78, 5) is 17.5. The highest BCUT2D eigenvalue weighted by Crippen LogP contribution is 2.28. The number of nitrogens with one attached hydrogen (secondary N) is 1. The van der Waals surface area contributed by atoms with Gasteiger partial charge in [-0.1, -0.05) is 0 Å². The van der Waals surface area contributed by atoms with Crippen molar-refractivity contribution in [2.75, 3.05) is 20.2 Å². The lowest BCUT2D eigenvalue weighted by Gasteiger charge is -2.34. The molecule has 25 heavy (non-hydrogen) atoms. The van der Waals surface area contributed by atoms with Crippen molar-refractivity contribution in [3.63, 3.8) is 0 Å². The molecule has 1 aliphatic heterocycles. The highest BCUT2D eigenvalue weighted by molar-refractivity contribution is 5.98. The van der Waals surface area contributed by atoms with Crippen molar-refractivity contribution in [1.29, 1.82) is 0 Å². The Morgan fingerprint density at radius 2 is 2.04 bits per heavy atom. The van der Waals surface area contributed by atoms with E-state index < -0.39 is 11.4 Å². The van der Waals surface area contributed by atoms with Gasteiger partial charge < -0.3 is 19.7 Å². The molecule has 0 spiro atoms. The molecule has 2 heterocycles. The lowest BCUT2D eigenvalue weighted by Crippen LogP contribution is -2.40. The van der Waals surface area contributed by atoms with Gasteiger partial charge in [-0.15, -0.1) is 0 Å². The minimum Gasteiger partial charge on any atom is -0.494 e. The van der Waals surface area contributed by atoms with Crippen molar-refractivity contribution in [2.24, 2.45) is 5.92 Å². The minimum atomic E-state index is -0.669. The van der Waals surface area contributed by atoms with Gasteiger partial charge in [-0.05, 0) is 51.2 Å². The molecule has 1 saturated heterocycles. The summed E-state index contributed by atoms with van der Waals surface area (Å²) >= 11 is 0. The Bertz CT molecular complexity index is 771. The van der Waals surface area contributed by atoms with E-state index in [0.717, 1.165) is 24.6 Å². The highest BCUT2D eigenvalue weighted by Gasteiger charge is 2.28. The summed E-state index contributed by atoms with van der Waals surface area (Å²) in [6, 6.07) is 4.68. The summed E-state index contributed by atoms with van der Waals surface area (Å²) in [5.74, 6) is 0.0728. The third-order valence-corrected chi connectivity index (χ3v) is 4.81. The molecule has 0 atom stereocenters. The van der Waals surface area contributed by atoms with Crippen LogP contribution in [0.2, 0.25) is 0 Å². The number of piperidine rings is 1. The Kier molecular flexibility index (Phi) is 4.73. The predicted molar refractivity (Wildman–Crippen MR) is 94.4 cm³/mol. The van der Waals surface area contributed by atoms with Gasteiger partial charge in [0, 0.05) is 30.1 Å². The first kappa shape index (κ1) is 17.7. The zero-order valence-corrected chi connectivity index (χ0v) is 14.9. The van der Waals surface area contributed by atoms with Crippen LogP contribution in [0.15, 0.2) is 18.2 Å². The Morgan fingerprint density at radius 1 is 1.36 bits per heavy atom. The fourth-order valence-electron chi connectivity index (χ4n) is 3.62. The SMILES string of the molecule is COc1cc2cc(C(=O)N3CCC(CC(C)(C)O)CC3)[nH]c2cc1F. The van der Waals surface area contributed by atoms with E-state index in [4.69, 9.17) is 4.74 Å². The molecule has 1 aromatic heterocycles. The summed E-state index contributed by atoms with van der Waals surface area (Å²) < 4.78 is 18.8. The number of likely N-dealkylation sites (tertiary alicyclic amines) is 1. The highest BCUT2D eigenvalue weighted by atomic mass is 19.1. The fraction of sp³-hybridized carbons (Fsp3) is 0.526. The molecule has 0 unspecified atom stereocenters. The van der Waals surface area contributed by atoms with Crippen molar-refractivity contribution >= 4 is 16.8 Å². The molecule has 136 valence electrons. The summed E-state index contributed by atoms with van der Waals surface area (Å²) in [5.41, 5.74) is 0.374. The minimum absolute atomic E-state index is 0.0720. The van der Waals surface area contributed by atoms with Gasteiger partial charge >= 0.3 is 0 Å². The van der Waals surface area contributed by atoms with Crippen molar-refractivity contribution in [3.8, 4) is 5.75 Å². The number of aromatic nitrogens is 1. The van der Waals surface area contributed by atoms with Crippen LogP contribution in [-0.4, -0.2) is 46.7 Å². The number of aromatic amines is 1. The Balaban J connectivity index is 1.70. The third-order valence-electron chi connectivity index (χ3n) is 4.81. The van der Waals surface area contributed by atoms with E-state index in [0.29, 0.717) is 30.2 Å². The standard InChI is InChI=1S/C19H25FN2O3/c1-19(2,24)11-12-4-6-22(7-5-12)18(23)16-8-13-9-17(25-3)14(20)10-15(13)21-16/h8-10,12,21,24H,4-7,11H2,1-3H3. The quantitative estimate of drug-likeness (QED) is 0.891. The van der Waals surface area contributed by atoms with E-state index in [1.165, 1.54) is 13.2 Å². The van der Waals surface area contributed by atoms with Gasteiger partial charge in [0.2, 0.25) is 0 Å². The van der Waals surface area contributed by atoms with Crippen LogP contribution in [-0.2, 0) is 0 Å². The predicted octanol–water partition coefficient (Wildman–Crippen LogP) is 3.33. The van der Waals surface area contributed by atoms with Crippen LogP contribution in [0, 0.1) is 11.7 Å². The van der Waals surface area contributed by atoms with Gasteiger partial charge in [0.1, 0.15) is 5.69 Å². The van der Waals surface area contributed by atoms with E-state index in [1.807, 2.05) is 18.7 Å². The molecule has 2 N–H and O–H groups in total. The van der Waals surface area contributed by atoms with E-state index in [1.54, 1.807) is 12.1 Å². The van der Waals surface area contributed by atoms with Gasteiger partial charge in [-0.25, -0.2) is 4.39 Å². The second-order valence-corrected chi connectivity index (χ2v) is 7.51. The van der Waals surface area contributed by atoms with Crippen LogP contribution in [0.5, 0.6) is 5.75 Å². The molecule has 1 aliphatic rings. The number of hydrogen-bond donors (Lipinski definition) is 2. The van der Waals surface area contributed by atoms with E-state index in [9.17, 15) is 14.3 Å².